The average Bonchev–Trinajstić information content (AvgIpc) is 2.81. The molecule has 0 aromatic rings. The second-order valence-electron chi connectivity index (χ2n) is 5.93. The molecular weight excluding hydrogens is 240 g/mol. The van der Waals surface area contributed by atoms with Gasteiger partial charge >= 0.3 is 0 Å². The summed E-state index contributed by atoms with van der Waals surface area (Å²) in [6.45, 7) is 7.68. The van der Waals surface area contributed by atoms with E-state index in [4.69, 9.17) is 23.7 Å². The lowest BCUT2D eigenvalue weighted by atomic mass is 10.1. The van der Waals surface area contributed by atoms with E-state index in [1.54, 1.807) is 13.8 Å². The van der Waals surface area contributed by atoms with Gasteiger partial charge in [-0.15, -0.1) is 0 Å². The fraction of sp³-hybridized carbons (Fsp3) is 1.00. The largest absolute Gasteiger partial charge is 0.387 e. The first-order valence-corrected chi connectivity index (χ1v) is 6.28. The summed E-state index contributed by atoms with van der Waals surface area (Å²) in [6.07, 6.45) is -2.53. The molecule has 0 saturated carbocycles. The third kappa shape index (κ3) is 2.07. The van der Waals surface area contributed by atoms with Crippen LogP contribution in [-0.2, 0) is 23.7 Å². The molecule has 3 heterocycles. The van der Waals surface area contributed by atoms with Gasteiger partial charge in [-0.3, -0.25) is 0 Å². The van der Waals surface area contributed by atoms with Gasteiger partial charge in [0.2, 0.25) is 0 Å². The van der Waals surface area contributed by atoms with Gasteiger partial charge in [0.05, 0.1) is 6.61 Å². The maximum atomic E-state index is 10.3. The van der Waals surface area contributed by atoms with Crippen molar-refractivity contribution in [3.8, 4) is 0 Å². The highest BCUT2D eigenvalue weighted by molar-refractivity contribution is 4.97. The number of hydrogen-bond acceptors (Lipinski definition) is 6. The number of hydrogen-bond donors (Lipinski definition) is 1. The van der Waals surface area contributed by atoms with Gasteiger partial charge in [0, 0.05) is 0 Å². The van der Waals surface area contributed by atoms with Crippen LogP contribution in [0.1, 0.15) is 27.7 Å². The van der Waals surface area contributed by atoms with Crippen LogP contribution < -0.4 is 0 Å². The van der Waals surface area contributed by atoms with Crippen LogP contribution in [0.3, 0.4) is 0 Å². The normalized spacial score (nSPS) is 49.5. The Balaban J connectivity index is 1.68. The lowest BCUT2D eigenvalue weighted by Gasteiger charge is -2.26. The summed E-state index contributed by atoms with van der Waals surface area (Å²) < 4.78 is 28.1. The van der Waals surface area contributed by atoms with Crippen molar-refractivity contribution in [1.82, 2.24) is 0 Å². The zero-order valence-corrected chi connectivity index (χ0v) is 11.1. The Bertz CT molecular complexity index is 341. The predicted octanol–water partition coefficient (Wildman–Crippen LogP) is 0.375. The standard InChI is InChI=1S/C12H20O6/c1-11(2)14-5-6(16-11)8-7(13)9-10(15-8)18-12(3,4)17-9/h6-10,13H,5H2,1-4H3/t6-,7+,8?,9-,10-/m1/s1. The Morgan fingerprint density at radius 3 is 2.22 bits per heavy atom. The molecule has 0 radical (unpaired) electrons. The lowest BCUT2D eigenvalue weighted by Crippen LogP contribution is -2.42. The summed E-state index contributed by atoms with van der Waals surface area (Å²) in [4.78, 5) is 0. The van der Waals surface area contributed by atoms with Crippen molar-refractivity contribution in [2.45, 2.75) is 70.0 Å². The Kier molecular flexibility index (Phi) is 2.75. The predicted molar refractivity (Wildman–Crippen MR) is 59.6 cm³/mol. The van der Waals surface area contributed by atoms with Gasteiger partial charge in [-0.2, -0.15) is 0 Å². The molecule has 0 aromatic carbocycles. The molecule has 5 atom stereocenters. The van der Waals surface area contributed by atoms with Crippen molar-refractivity contribution >= 4 is 0 Å². The second kappa shape index (κ2) is 3.88. The SMILES string of the molecule is CC1(C)O[C@H]2OC([C@H]3COC(C)(C)O3)[C@H](O)[C@H]2O1. The van der Waals surface area contributed by atoms with E-state index >= 15 is 0 Å². The van der Waals surface area contributed by atoms with Crippen molar-refractivity contribution in [1.29, 1.82) is 0 Å². The summed E-state index contributed by atoms with van der Waals surface area (Å²) in [6, 6.07) is 0. The molecule has 1 unspecified atom stereocenters. The highest BCUT2D eigenvalue weighted by Crippen LogP contribution is 2.40. The first-order valence-electron chi connectivity index (χ1n) is 6.28. The molecule has 3 saturated heterocycles. The van der Waals surface area contributed by atoms with E-state index in [2.05, 4.69) is 0 Å². The highest BCUT2D eigenvalue weighted by Gasteiger charge is 2.57. The Hall–Kier alpha value is -0.240. The Labute approximate surface area is 106 Å². The quantitative estimate of drug-likeness (QED) is 0.735. The minimum atomic E-state index is -0.765. The van der Waals surface area contributed by atoms with Gasteiger partial charge in [-0.1, -0.05) is 0 Å². The number of aliphatic hydroxyl groups excluding tert-OH is 1. The van der Waals surface area contributed by atoms with Crippen LogP contribution in [0, 0.1) is 0 Å². The van der Waals surface area contributed by atoms with E-state index in [1.807, 2.05) is 13.8 Å². The average molecular weight is 260 g/mol. The first kappa shape index (κ1) is 12.8. The zero-order valence-electron chi connectivity index (χ0n) is 11.1. The molecule has 0 amide bonds. The van der Waals surface area contributed by atoms with Gasteiger partial charge in [-0.05, 0) is 27.7 Å². The molecule has 0 aromatic heterocycles. The van der Waals surface area contributed by atoms with Gasteiger partial charge in [0.15, 0.2) is 17.9 Å². The summed E-state index contributed by atoms with van der Waals surface area (Å²) in [5.74, 6) is -1.35. The van der Waals surface area contributed by atoms with E-state index < -0.39 is 36.2 Å². The molecule has 104 valence electrons. The molecule has 0 aliphatic carbocycles. The number of fused-ring (bicyclic) bond motifs is 1. The smallest absolute Gasteiger partial charge is 0.190 e. The van der Waals surface area contributed by atoms with Crippen LogP contribution in [-0.4, -0.2) is 54.0 Å². The van der Waals surface area contributed by atoms with Crippen LogP contribution in [0.15, 0.2) is 0 Å². The fourth-order valence-electron chi connectivity index (χ4n) is 2.70. The molecule has 18 heavy (non-hydrogen) atoms. The number of aliphatic hydroxyl groups is 1. The topological polar surface area (TPSA) is 66.4 Å². The zero-order chi connectivity index (χ0) is 13.1. The monoisotopic (exact) mass is 260 g/mol. The highest BCUT2D eigenvalue weighted by atomic mass is 16.8. The third-order valence-corrected chi connectivity index (χ3v) is 3.45. The van der Waals surface area contributed by atoms with Gasteiger partial charge < -0.3 is 28.8 Å². The molecule has 6 heteroatoms. The van der Waals surface area contributed by atoms with Crippen LogP contribution in [0.25, 0.3) is 0 Å². The maximum absolute atomic E-state index is 10.3. The van der Waals surface area contributed by atoms with Crippen molar-refractivity contribution < 1.29 is 28.8 Å². The summed E-state index contributed by atoms with van der Waals surface area (Å²) in [7, 11) is 0. The van der Waals surface area contributed by atoms with E-state index in [0.29, 0.717) is 6.61 Å². The van der Waals surface area contributed by atoms with Crippen molar-refractivity contribution in [2.75, 3.05) is 6.61 Å². The molecular formula is C12H20O6. The number of ether oxygens (including phenoxy) is 5. The molecule has 3 rings (SSSR count). The summed E-state index contributed by atoms with van der Waals surface area (Å²) >= 11 is 0. The molecule has 3 fully saturated rings. The second-order valence-corrected chi connectivity index (χ2v) is 5.93. The Morgan fingerprint density at radius 2 is 1.67 bits per heavy atom. The number of rotatable bonds is 1. The summed E-state index contributed by atoms with van der Waals surface area (Å²) in [5.41, 5.74) is 0. The van der Waals surface area contributed by atoms with Crippen LogP contribution in [0.4, 0.5) is 0 Å². The van der Waals surface area contributed by atoms with Gasteiger partial charge in [-0.25, -0.2) is 0 Å². The molecule has 1 N–H and O–H groups in total. The minimum absolute atomic E-state index is 0.295. The van der Waals surface area contributed by atoms with Crippen LogP contribution >= 0.6 is 0 Å². The summed E-state index contributed by atoms with van der Waals surface area (Å²) in [5, 5.41) is 10.3. The van der Waals surface area contributed by atoms with Crippen molar-refractivity contribution in [3.05, 3.63) is 0 Å². The van der Waals surface area contributed by atoms with Crippen LogP contribution in [0.2, 0.25) is 0 Å². The van der Waals surface area contributed by atoms with Gasteiger partial charge in [0.25, 0.3) is 0 Å². The minimum Gasteiger partial charge on any atom is -0.387 e. The maximum Gasteiger partial charge on any atom is 0.190 e. The molecule has 0 bridgehead atoms. The van der Waals surface area contributed by atoms with E-state index in [1.165, 1.54) is 0 Å². The van der Waals surface area contributed by atoms with Crippen molar-refractivity contribution in [2.24, 2.45) is 0 Å². The third-order valence-electron chi connectivity index (χ3n) is 3.45. The molecule has 6 nitrogen and oxygen atoms in total. The van der Waals surface area contributed by atoms with Crippen molar-refractivity contribution in [3.63, 3.8) is 0 Å². The van der Waals surface area contributed by atoms with Gasteiger partial charge in [0.1, 0.15) is 24.4 Å². The first-order chi connectivity index (χ1) is 8.27. The lowest BCUT2D eigenvalue weighted by molar-refractivity contribution is -0.232. The fourth-order valence-corrected chi connectivity index (χ4v) is 2.70. The van der Waals surface area contributed by atoms with E-state index in [-0.39, 0.29) is 6.10 Å². The van der Waals surface area contributed by atoms with Crippen LogP contribution in [0.5, 0.6) is 0 Å². The molecule has 0 spiro atoms. The van der Waals surface area contributed by atoms with E-state index in [0.717, 1.165) is 0 Å². The molecule has 3 aliphatic rings. The Morgan fingerprint density at radius 1 is 0.944 bits per heavy atom. The molecule has 3 aliphatic heterocycles. The van der Waals surface area contributed by atoms with E-state index in [9.17, 15) is 5.11 Å².